The number of fused-ring (bicyclic) bond motifs is 1. The summed E-state index contributed by atoms with van der Waals surface area (Å²) >= 11 is 2.39. The number of hydrogen-bond donors (Lipinski definition) is 0. The van der Waals surface area contributed by atoms with Gasteiger partial charge in [0.05, 0.1) is 5.60 Å². The molecule has 1 nitrogen and oxygen atoms in total. The van der Waals surface area contributed by atoms with Gasteiger partial charge < -0.3 is 4.74 Å². The second-order valence-corrected chi connectivity index (χ2v) is 5.29. The summed E-state index contributed by atoms with van der Waals surface area (Å²) in [6, 6.07) is 8.53. The van der Waals surface area contributed by atoms with Crippen LogP contribution in [0.3, 0.4) is 0 Å². The van der Waals surface area contributed by atoms with Crippen molar-refractivity contribution in [3.8, 4) is 0 Å². The second kappa shape index (κ2) is 3.20. The van der Waals surface area contributed by atoms with Crippen molar-refractivity contribution >= 4 is 22.6 Å². The van der Waals surface area contributed by atoms with E-state index in [1.807, 2.05) is 0 Å². The van der Waals surface area contributed by atoms with Crippen LogP contribution in [0.1, 0.15) is 31.9 Å². The Kier molecular flexibility index (Phi) is 2.39. The van der Waals surface area contributed by atoms with Gasteiger partial charge in [0.15, 0.2) is 0 Å². The molecule has 0 aromatic heterocycles. The van der Waals surface area contributed by atoms with E-state index in [4.69, 9.17) is 4.74 Å². The van der Waals surface area contributed by atoms with Crippen molar-refractivity contribution in [2.75, 3.05) is 4.43 Å². The van der Waals surface area contributed by atoms with Crippen LogP contribution >= 0.6 is 22.6 Å². The van der Waals surface area contributed by atoms with Gasteiger partial charge in [-0.2, -0.15) is 0 Å². The van der Waals surface area contributed by atoms with Crippen molar-refractivity contribution in [2.24, 2.45) is 0 Å². The van der Waals surface area contributed by atoms with Crippen molar-refractivity contribution in [3.05, 3.63) is 35.4 Å². The maximum atomic E-state index is 6.15. The van der Waals surface area contributed by atoms with E-state index < -0.39 is 0 Å². The van der Waals surface area contributed by atoms with Gasteiger partial charge in [0.1, 0.15) is 5.60 Å². The molecule has 0 spiro atoms. The number of hydrogen-bond acceptors (Lipinski definition) is 1. The minimum absolute atomic E-state index is 0.110. The Morgan fingerprint density at radius 2 is 1.71 bits per heavy atom. The standard InChI is InChI=1S/C12H15IO/c1-11(2)9-6-4-5-7-10(9)12(3,8-13)14-11/h4-7H,8H2,1-3H3. The quantitative estimate of drug-likeness (QED) is 0.569. The summed E-state index contributed by atoms with van der Waals surface area (Å²) in [5, 5.41) is 0. The van der Waals surface area contributed by atoms with Crippen LogP contribution < -0.4 is 0 Å². The molecule has 0 aliphatic carbocycles. The maximum absolute atomic E-state index is 6.15. The first kappa shape index (κ1) is 10.4. The van der Waals surface area contributed by atoms with Crippen LogP contribution in [-0.2, 0) is 15.9 Å². The fourth-order valence-corrected chi connectivity index (χ4v) is 2.81. The highest BCUT2D eigenvalue weighted by Crippen LogP contribution is 2.47. The Hall–Kier alpha value is -0.0900. The predicted molar refractivity (Wildman–Crippen MR) is 66.8 cm³/mol. The molecule has 1 aromatic rings. The highest BCUT2D eigenvalue weighted by Gasteiger charge is 2.44. The van der Waals surface area contributed by atoms with E-state index in [9.17, 15) is 0 Å². The molecule has 0 saturated heterocycles. The van der Waals surface area contributed by atoms with E-state index >= 15 is 0 Å². The molecule has 1 aliphatic heterocycles. The molecule has 1 aromatic carbocycles. The lowest BCUT2D eigenvalue weighted by Gasteiger charge is -2.26. The molecule has 0 bridgehead atoms. The van der Waals surface area contributed by atoms with Gasteiger partial charge in [-0.15, -0.1) is 0 Å². The van der Waals surface area contributed by atoms with E-state index in [0.29, 0.717) is 0 Å². The zero-order valence-corrected chi connectivity index (χ0v) is 11.0. The van der Waals surface area contributed by atoms with Gasteiger partial charge in [0.25, 0.3) is 0 Å². The van der Waals surface area contributed by atoms with Gasteiger partial charge in [0.2, 0.25) is 0 Å². The normalized spacial score (nSPS) is 28.9. The first-order valence-corrected chi connectivity index (χ1v) is 6.38. The third kappa shape index (κ3) is 1.39. The van der Waals surface area contributed by atoms with Gasteiger partial charge in [-0.1, -0.05) is 46.9 Å². The van der Waals surface area contributed by atoms with Crippen molar-refractivity contribution in [1.82, 2.24) is 0 Å². The third-order valence-electron chi connectivity index (χ3n) is 2.88. The molecule has 1 atom stereocenters. The summed E-state index contributed by atoms with van der Waals surface area (Å²) in [5.74, 6) is 0. The lowest BCUT2D eigenvalue weighted by molar-refractivity contribution is -0.100. The summed E-state index contributed by atoms with van der Waals surface area (Å²) < 4.78 is 7.14. The molecule has 2 heteroatoms. The Labute approximate surface area is 99.0 Å². The minimum Gasteiger partial charge on any atom is -0.359 e. The van der Waals surface area contributed by atoms with Crippen molar-refractivity contribution in [1.29, 1.82) is 0 Å². The van der Waals surface area contributed by atoms with E-state index in [1.165, 1.54) is 11.1 Å². The number of alkyl halides is 1. The average molecular weight is 302 g/mol. The van der Waals surface area contributed by atoms with Crippen LogP contribution in [0.15, 0.2) is 24.3 Å². The van der Waals surface area contributed by atoms with Gasteiger partial charge in [-0.3, -0.25) is 0 Å². The molecule has 14 heavy (non-hydrogen) atoms. The highest BCUT2D eigenvalue weighted by molar-refractivity contribution is 14.1. The van der Waals surface area contributed by atoms with Crippen molar-refractivity contribution in [3.63, 3.8) is 0 Å². The second-order valence-electron chi connectivity index (χ2n) is 4.52. The van der Waals surface area contributed by atoms with Crippen LogP contribution in [0.2, 0.25) is 0 Å². The van der Waals surface area contributed by atoms with E-state index in [1.54, 1.807) is 0 Å². The third-order valence-corrected chi connectivity index (χ3v) is 4.34. The van der Waals surface area contributed by atoms with Crippen molar-refractivity contribution < 1.29 is 4.74 Å². The van der Waals surface area contributed by atoms with Gasteiger partial charge in [-0.25, -0.2) is 0 Å². The molecule has 2 rings (SSSR count). The zero-order chi connectivity index (χ0) is 10.4. The molecule has 0 N–H and O–H groups in total. The Morgan fingerprint density at radius 3 is 2.29 bits per heavy atom. The molecule has 1 unspecified atom stereocenters. The summed E-state index contributed by atoms with van der Waals surface area (Å²) in [5.41, 5.74) is 2.43. The molecule has 0 amide bonds. The fourth-order valence-electron chi connectivity index (χ4n) is 2.24. The maximum Gasteiger partial charge on any atom is 0.101 e. The smallest absolute Gasteiger partial charge is 0.101 e. The minimum atomic E-state index is -0.142. The highest BCUT2D eigenvalue weighted by atomic mass is 127. The van der Waals surface area contributed by atoms with E-state index in [2.05, 4.69) is 67.6 Å². The number of halogens is 1. The number of rotatable bonds is 1. The Balaban J connectivity index is 2.60. The number of benzene rings is 1. The predicted octanol–water partition coefficient (Wildman–Crippen LogP) is 3.60. The summed E-state index contributed by atoms with van der Waals surface area (Å²) in [6.07, 6.45) is 0. The van der Waals surface area contributed by atoms with Crippen LogP contribution in [-0.4, -0.2) is 4.43 Å². The average Bonchev–Trinajstić information content (AvgIpc) is 2.37. The summed E-state index contributed by atoms with van der Waals surface area (Å²) in [6.45, 7) is 6.46. The first-order valence-electron chi connectivity index (χ1n) is 4.86. The molecule has 0 radical (unpaired) electrons. The van der Waals surface area contributed by atoms with Crippen LogP contribution in [0.5, 0.6) is 0 Å². The molecule has 0 fully saturated rings. The topological polar surface area (TPSA) is 9.23 Å². The monoisotopic (exact) mass is 302 g/mol. The van der Waals surface area contributed by atoms with E-state index in [0.717, 1.165) is 4.43 Å². The summed E-state index contributed by atoms with van der Waals surface area (Å²) in [7, 11) is 0. The molecule has 0 saturated carbocycles. The molecule has 1 heterocycles. The van der Waals surface area contributed by atoms with Crippen LogP contribution in [0.25, 0.3) is 0 Å². The van der Waals surface area contributed by atoms with Gasteiger partial charge in [0, 0.05) is 4.43 Å². The van der Waals surface area contributed by atoms with Crippen LogP contribution in [0, 0.1) is 0 Å². The lowest BCUT2D eigenvalue weighted by Crippen LogP contribution is -2.27. The SMILES string of the molecule is CC1(C)OC(C)(CI)c2ccccc21. The Bertz CT molecular complexity index is 359. The van der Waals surface area contributed by atoms with Crippen LogP contribution in [0.4, 0.5) is 0 Å². The van der Waals surface area contributed by atoms with Gasteiger partial charge >= 0.3 is 0 Å². The van der Waals surface area contributed by atoms with E-state index in [-0.39, 0.29) is 11.2 Å². The van der Waals surface area contributed by atoms with Gasteiger partial charge in [-0.05, 0) is 31.9 Å². The fraction of sp³-hybridized carbons (Fsp3) is 0.500. The molecule has 76 valence electrons. The largest absolute Gasteiger partial charge is 0.359 e. The zero-order valence-electron chi connectivity index (χ0n) is 8.80. The summed E-state index contributed by atoms with van der Waals surface area (Å²) in [4.78, 5) is 0. The lowest BCUT2D eigenvalue weighted by atomic mass is 9.91. The molecular formula is C12H15IO. The molecule has 1 aliphatic rings. The van der Waals surface area contributed by atoms with Crippen molar-refractivity contribution in [2.45, 2.75) is 32.0 Å². The first-order chi connectivity index (χ1) is 6.49. The number of ether oxygens (including phenoxy) is 1. The Morgan fingerprint density at radius 1 is 1.14 bits per heavy atom. The molecular weight excluding hydrogens is 287 g/mol.